The van der Waals surface area contributed by atoms with Crippen molar-refractivity contribution in [2.24, 2.45) is 11.3 Å². The van der Waals surface area contributed by atoms with Crippen molar-refractivity contribution in [1.82, 2.24) is 5.32 Å². The number of fused-ring (bicyclic) bond motifs is 2. The van der Waals surface area contributed by atoms with Gasteiger partial charge in [-0.15, -0.1) is 23.1 Å². The van der Waals surface area contributed by atoms with E-state index in [4.69, 9.17) is 4.74 Å². The van der Waals surface area contributed by atoms with Crippen molar-refractivity contribution in [2.75, 3.05) is 17.2 Å². The number of rotatable bonds is 12. The maximum atomic E-state index is 13.9. The first kappa shape index (κ1) is 39.5. The van der Waals surface area contributed by atoms with Crippen LogP contribution in [-0.2, 0) is 27.2 Å². The van der Waals surface area contributed by atoms with E-state index in [0.29, 0.717) is 34.2 Å². The Morgan fingerprint density at radius 2 is 1.64 bits per heavy atom. The van der Waals surface area contributed by atoms with Crippen LogP contribution in [0.2, 0.25) is 0 Å². The lowest BCUT2D eigenvalue weighted by Gasteiger charge is -2.33. The molecule has 10 heteroatoms. The van der Waals surface area contributed by atoms with Gasteiger partial charge < -0.3 is 20.7 Å². The van der Waals surface area contributed by atoms with Gasteiger partial charge in [0.15, 0.2) is 0 Å². The summed E-state index contributed by atoms with van der Waals surface area (Å²) in [6.45, 7) is 10.7. The summed E-state index contributed by atoms with van der Waals surface area (Å²) in [6.07, 6.45) is 4.84. The number of thiophene rings is 1. The van der Waals surface area contributed by atoms with Gasteiger partial charge in [-0.2, -0.15) is 0 Å². The zero-order valence-electron chi connectivity index (χ0n) is 31.9. The van der Waals surface area contributed by atoms with Gasteiger partial charge >= 0.3 is 5.97 Å². The molecule has 3 N–H and O–H groups in total. The molecule has 55 heavy (non-hydrogen) atoms. The molecule has 1 aliphatic rings. The van der Waals surface area contributed by atoms with Gasteiger partial charge in [0.25, 0.3) is 11.8 Å². The SMILES string of the molecule is CCOC(=O)c1c(NC(=O)C(CC)Sc2cccc(NC(=O)/C(=C\c3cccc4ccccc34)NC(=O)c3ccccc3)c2)sc2c1CCC(C(C)(C)C)C2. The normalized spacial score (nSPS) is 14.8. The molecule has 1 aliphatic carbocycles. The number of ether oxygens (including phenoxy) is 1. The number of benzene rings is 4. The van der Waals surface area contributed by atoms with E-state index in [9.17, 15) is 19.2 Å². The number of hydrogen-bond donors (Lipinski definition) is 3. The molecular weight excluding hydrogens is 727 g/mol. The van der Waals surface area contributed by atoms with E-state index in [1.54, 1.807) is 43.3 Å². The molecule has 8 nitrogen and oxygen atoms in total. The van der Waals surface area contributed by atoms with Crippen LogP contribution in [0.1, 0.15) is 84.2 Å². The Labute approximate surface area is 331 Å². The van der Waals surface area contributed by atoms with Gasteiger partial charge in [-0.25, -0.2) is 4.79 Å². The van der Waals surface area contributed by atoms with Crippen molar-refractivity contribution in [2.45, 2.75) is 70.4 Å². The summed E-state index contributed by atoms with van der Waals surface area (Å²) >= 11 is 2.87. The van der Waals surface area contributed by atoms with E-state index in [-0.39, 0.29) is 23.6 Å². The van der Waals surface area contributed by atoms with Gasteiger partial charge in [0, 0.05) is 21.0 Å². The molecule has 2 atom stereocenters. The minimum absolute atomic E-state index is 0.0824. The molecule has 5 aromatic rings. The van der Waals surface area contributed by atoms with Crippen LogP contribution >= 0.6 is 23.1 Å². The number of carbonyl (C=O) groups is 4. The summed E-state index contributed by atoms with van der Waals surface area (Å²) in [5, 5.41) is 10.9. The first-order chi connectivity index (χ1) is 26.4. The van der Waals surface area contributed by atoms with E-state index in [1.807, 2.05) is 73.7 Å². The fraction of sp³-hybridized carbons (Fsp3) is 0.289. The van der Waals surface area contributed by atoms with Crippen LogP contribution < -0.4 is 16.0 Å². The highest BCUT2D eigenvalue weighted by Gasteiger charge is 2.35. The molecule has 3 amide bonds. The lowest BCUT2D eigenvalue weighted by atomic mass is 9.72. The average Bonchev–Trinajstić information content (AvgIpc) is 3.54. The minimum atomic E-state index is -0.494. The molecule has 4 aromatic carbocycles. The van der Waals surface area contributed by atoms with Crippen molar-refractivity contribution >= 4 is 74.3 Å². The molecule has 284 valence electrons. The highest BCUT2D eigenvalue weighted by molar-refractivity contribution is 8.00. The van der Waals surface area contributed by atoms with Crippen LogP contribution in [-0.4, -0.2) is 35.5 Å². The van der Waals surface area contributed by atoms with Gasteiger partial charge in [0.05, 0.1) is 17.4 Å². The molecule has 0 saturated carbocycles. The quantitative estimate of drug-likeness (QED) is 0.0661. The fourth-order valence-corrected chi connectivity index (χ4v) is 9.16. The number of hydrogen-bond acceptors (Lipinski definition) is 7. The zero-order chi connectivity index (χ0) is 39.1. The third kappa shape index (κ3) is 9.55. The molecule has 0 saturated heterocycles. The first-order valence-corrected chi connectivity index (χ1v) is 20.4. The Kier molecular flexibility index (Phi) is 12.6. The summed E-state index contributed by atoms with van der Waals surface area (Å²) < 4.78 is 5.46. The van der Waals surface area contributed by atoms with Gasteiger partial charge in [-0.05, 0) is 102 Å². The summed E-state index contributed by atoms with van der Waals surface area (Å²) in [4.78, 5) is 56.2. The Bertz CT molecular complexity index is 2230. The maximum Gasteiger partial charge on any atom is 0.341 e. The van der Waals surface area contributed by atoms with E-state index in [2.05, 4.69) is 36.7 Å². The van der Waals surface area contributed by atoms with E-state index < -0.39 is 23.0 Å². The lowest BCUT2D eigenvalue weighted by Crippen LogP contribution is -2.30. The largest absolute Gasteiger partial charge is 0.462 e. The third-order valence-electron chi connectivity index (χ3n) is 9.89. The molecule has 1 heterocycles. The van der Waals surface area contributed by atoms with Gasteiger partial charge in [0.1, 0.15) is 10.7 Å². The van der Waals surface area contributed by atoms with E-state index in [0.717, 1.165) is 50.9 Å². The number of esters is 1. The lowest BCUT2D eigenvalue weighted by molar-refractivity contribution is -0.116. The third-order valence-corrected chi connectivity index (χ3v) is 12.4. The molecule has 6 rings (SSSR count). The maximum absolute atomic E-state index is 13.9. The second-order valence-electron chi connectivity index (χ2n) is 14.7. The van der Waals surface area contributed by atoms with Crippen molar-refractivity contribution in [3.8, 4) is 0 Å². The zero-order valence-corrected chi connectivity index (χ0v) is 33.5. The number of carbonyl (C=O) groups excluding carboxylic acids is 4. The highest BCUT2D eigenvalue weighted by Crippen LogP contribution is 2.45. The number of nitrogens with one attached hydrogen (secondary N) is 3. The summed E-state index contributed by atoms with van der Waals surface area (Å²) in [5.74, 6) is -1.03. The predicted octanol–water partition coefficient (Wildman–Crippen LogP) is 10.1. The monoisotopic (exact) mass is 773 g/mol. The number of amides is 3. The van der Waals surface area contributed by atoms with Crippen LogP contribution in [0.5, 0.6) is 0 Å². The number of anilines is 2. The smallest absolute Gasteiger partial charge is 0.341 e. The molecular formula is C45H47N3O5S2. The molecule has 0 bridgehead atoms. The summed E-state index contributed by atoms with van der Waals surface area (Å²) in [6, 6.07) is 29.7. The Morgan fingerprint density at radius 3 is 2.38 bits per heavy atom. The molecule has 0 aliphatic heterocycles. The molecule has 2 unspecified atom stereocenters. The number of thioether (sulfide) groups is 1. The van der Waals surface area contributed by atoms with Crippen LogP contribution in [0.4, 0.5) is 10.7 Å². The fourth-order valence-electron chi connectivity index (χ4n) is 6.83. The van der Waals surface area contributed by atoms with Crippen LogP contribution in [0.25, 0.3) is 16.8 Å². The molecule has 1 aromatic heterocycles. The Hall–Kier alpha value is -5.19. The average molecular weight is 774 g/mol. The van der Waals surface area contributed by atoms with Crippen molar-refractivity contribution in [3.63, 3.8) is 0 Å². The topological polar surface area (TPSA) is 114 Å². The molecule has 0 radical (unpaired) electrons. The van der Waals surface area contributed by atoms with Crippen molar-refractivity contribution < 1.29 is 23.9 Å². The van der Waals surface area contributed by atoms with E-state index in [1.165, 1.54) is 23.1 Å². The second kappa shape index (κ2) is 17.5. The summed E-state index contributed by atoms with van der Waals surface area (Å²) in [5.41, 5.74) is 3.41. The van der Waals surface area contributed by atoms with E-state index >= 15 is 0 Å². The van der Waals surface area contributed by atoms with Crippen molar-refractivity contribution in [3.05, 3.63) is 130 Å². The molecule has 0 spiro atoms. The summed E-state index contributed by atoms with van der Waals surface area (Å²) in [7, 11) is 0. The first-order valence-electron chi connectivity index (χ1n) is 18.7. The minimum Gasteiger partial charge on any atom is -0.462 e. The second-order valence-corrected chi connectivity index (χ2v) is 17.0. The standard InChI is InChI=1S/C45H47N3O5S2/c1-6-37(42(51)48-43-39(44(52)53-7-2)35-24-23-31(45(3,4)5)26-38(35)55-43)54-33-21-14-20-32(27-33)46-41(50)36(47-40(49)29-16-9-8-10-17-29)25-30-19-13-18-28-15-11-12-22-34(28)30/h8-22,25,27,31,37H,6-7,23-24,26H2,1-5H3,(H,46,50)(H,47,49)(H,48,51)/b36-25+. The Morgan fingerprint density at radius 1 is 0.909 bits per heavy atom. The van der Waals surface area contributed by atoms with Gasteiger partial charge in [0.2, 0.25) is 5.91 Å². The predicted molar refractivity (Wildman–Crippen MR) is 225 cm³/mol. The van der Waals surface area contributed by atoms with Gasteiger partial charge in [-0.1, -0.05) is 94.4 Å². The Balaban J connectivity index is 1.21. The van der Waals surface area contributed by atoms with Crippen LogP contribution in [0.3, 0.4) is 0 Å². The van der Waals surface area contributed by atoms with Crippen molar-refractivity contribution in [1.29, 1.82) is 0 Å². The molecule has 0 fully saturated rings. The van der Waals surface area contributed by atoms with Crippen LogP contribution in [0.15, 0.2) is 108 Å². The van der Waals surface area contributed by atoms with Crippen LogP contribution in [0, 0.1) is 11.3 Å². The highest BCUT2D eigenvalue weighted by atomic mass is 32.2. The van der Waals surface area contributed by atoms with Gasteiger partial charge in [-0.3, -0.25) is 14.4 Å².